The number of rotatable bonds is 4. The first kappa shape index (κ1) is 17.7. The topological polar surface area (TPSA) is 63.2 Å². The first-order valence-corrected chi connectivity index (χ1v) is 8.06. The number of aryl methyl sites for hydroxylation is 1. The third-order valence-corrected chi connectivity index (χ3v) is 4.29. The molecule has 0 aliphatic carbocycles. The van der Waals surface area contributed by atoms with E-state index in [9.17, 15) is 13.2 Å². The molecule has 0 N–H and O–H groups in total. The number of halogens is 3. The van der Waals surface area contributed by atoms with Crippen LogP contribution in [-0.2, 0) is 19.8 Å². The van der Waals surface area contributed by atoms with Gasteiger partial charge in [-0.3, -0.25) is 4.90 Å². The van der Waals surface area contributed by atoms with Crippen LogP contribution >= 0.6 is 0 Å². The minimum absolute atomic E-state index is 0.0499. The largest absolute Gasteiger partial charge is 0.434 e. The van der Waals surface area contributed by atoms with Gasteiger partial charge in [0.2, 0.25) is 5.89 Å². The first-order valence-electron chi connectivity index (χ1n) is 8.06. The third kappa shape index (κ3) is 3.94. The third-order valence-electron chi connectivity index (χ3n) is 4.29. The van der Waals surface area contributed by atoms with Gasteiger partial charge in [0.05, 0.1) is 6.54 Å². The second-order valence-corrected chi connectivity index (χ2v) is 6.55. The van der Waals surface area contributed by atoms with E-state index in [1.807, 2.05) is 14.1 Å². The molecule has 0 saturated carbocycles. The smallest absolute Gasteiger partial charge is 0.344 e. The molecule has 0 unspecified atom stereocenters. The zero-order chi connectivity index (χ0) is 18.2. The van der Waals surface area contributed by atoms with Crippen LogP contribution in [0.2, 0.25) is 0 Å². The molecule has 3 rings (SSSR count). The van der Waals surface area contributed by atoms with E-state index in [0.717, 1.165) is 25.6 Å². The Morgan fingerprint density at radius 2 is 2.08 bits per heavy atom. The highest BCUT2D eigenvalue weighted by Gasteiger charge is 2.36. The van der Waals surface area contributed by atoms with Gasteiger partial charge in [-0.05, 0) is 24.5 Å². The highest BCUT2D eigenvalue weighted by Crippen LogP contribution is 2.32. The number of imidazole rings is 1. The fourth-order valence-electron chi connectivity index (χ4n) is 3.09. The van der Waals surface area contributed by atoms with E-state index in [0.29, 0.717) is 30.8 Å². The Kier molecular flexibility index (Phi) is 4.72. The molecule has 7 nitrogen and oxygen atoms in total. The number of anilines is 1. The van der Waals surface area contributed by atoms with Gasteiger partial charge in [-0.15, -0.1) is 0 Å². The zero-order valence-electron chi connectivity index (χ0n) is 14.4. The lowest BCUT2D eigenvalue weighted by Crippen LogP contribution is -2.35. The molecule has 0 amide bonds. The van der Waals surface area contributed by atoms with Crippen LogP contribution in [0.15, 0.2) is 10.7 Å². The maximum atomic E-state index is 12.9. The maximum absolute atomic E-state index is 12.9. The molecule has 0 radical (unpaired) electrons. The molecule has 25 heavy (non-hydrogen) atoms. The summed E-state index contributed by atoms with van der Waals surface area (Å²) in [5.74, 6) is 1.42. The Bertz CT molecular complexity index is 723. The van der Waals surface area contributed by atoms with Gasteiger partial charge in [0.1, 0.15) is 5.82 Å². The average molecular weight is 358 g/mol. The van der Waals surface area contributed by atoms with Crippen molar-refractivity contribution < 1.29 is 17.7 Å². The molecule has 1 fully saturated rings. The molecule has 1 aliphatic heterocycles. The van der Waals surface area contributed by atoms with Crippen LogP contribution in [0.4, 0.5) is 19.1 Å². The van der Waals surface area contributed by atoms with Crippen molar-refractivity contribution in [3.63, 3.8) is 0 Å². The maximum Gasteiger partial charge on any atom is 0.434 e. The molecular formula is C15H21F3N6O. The number of likely N-dealkylation sites (tertiary alicyclic amines) is 1. The molecule has 1 saturated heterocycles. The molecule has 1 atom stereocenters. The lowest BCUT2D eigenvalue weighted by atomic mass is 9.97. The van der Waals surface area contributed by atoms with Gasteiger partial charge in [-0.2, -0.15) is 18.2 Å². The first-order chi connectivity index (χ1) is 11.7. The summed E-state index contributed by atoms with van der Waals surface area (Å²) in [4.78, 5) is 12.0. The van der Waals surface area contributed by atoms with Gasteiger partial charge in [-0.25, -0.2) is 4.98 Å². The summed E-state index contributed by atoms with van der Waals surface area (Å²) in [6.07, 6.45) is -1.68. The standard InChI is InChI=1S/C15H21F3N6O/c1-22(2)14-20-12(25-21-14)9-24-6-4-5-10(7-24)13-19-11(8-23(13)3)15(16,17)18/h8,10H,4-7,9H2,1-3H3/t10-/m0/s1. The Morgan fingerprint density at radius 1 is 1.32 bits per heavy atom. The lowest BCUT2D eigenvalue weighted by Gasteiger charge is -2.31. The molecule has 2 aromatic rings. The number of aromatic nitrogens is 4. The van der Waals surface area contributed by atoms with Crippen molar-refractivity contribution in [3.05, 3.63) is 23.6 Å². The Labute approximate surface area is 143 Å². The van der Waals surface area contributed by atoms with Crippen molar-refractivity contribution in [2.24, 2.45) is 7.05 Å². The van der Waals surface area contributed by atoms with E-state index < -0.39 is 11.9 Å². The molecule has 0 spiro atoms. The lowest BCUT2D eigenvalue weighted by molar-refractivity contribution is -0.141. The fourth-order valence-corrected chi connectivity index (χ4v) is 3.09. The quantitative estimate of drug-likeness (QED) is 0.836. The summed E-state index contributed by atoms with van der Waals surface area (Å²) in [6, 6.07) is 0. The van der Waals surface area contributed by atoms with Crippen molar-refractivity contribution in [1.82, 2.24) is 24.6 Å². The number of alkyl halides is 3. The molecule has 138 valence electrons. The van der Waals surface area contributed by atoms with Gasteiger partial charge in [0.25, 0.3) is 5.95 Å². The van der Waals surface area contributed by atoms with Gasteiger partial charge < -0.3 is 14.0 Å². The molecule has 3 heterocycles. The van der Waals surface area contributed by atoms with Gasteiger partial charge in [0.15, 0.2) is 5.69 Å². The fraction of sp³-hybridized carbons (Fsp3) is 0.667. The van der Waals surface area contributed by atoms with Crippen LogP contribution in [0.25, 0.3) is 0 Å². The Balaban J connectivity index is 1.69. The van der Waals surface area contributed by atoms with E-state index in [4.69, 9.17) is 4.52 Å². The minimum atomic E-state index is -4.42. The summed E-state index contributed by atoms with van der Waals surface area (Å²) in [7, 11) is 5.26. The van der Waals surface area contributed by atoms with Crippen LogP contribution in [0.3, 0.4) is 0 Å². The van der Waals surface area contributed by atoms with E-state index in [1.165, 1.54) is 4.57 Å². The number of hydrogen-bond acceptors (Lipinski definition) is 6. The van der Waals surface area contributed by atoms with Gasteiger partial charge >= 0.3 is 6.18 Å². The number of hydrogen-bond donors (Lipinski definition) is 0. The van der Waals surface area contributed by atoms with Gasteiger partial charge in [0, 0.05) is 39.8 Å². The summed E-state index contributed by atoms with van der Waals surface area (Å²) in [5, 5.41) is 3.87. The molecule has 0 aromatic carbocycles. The van der Waals surface area contributed by atoms with E-state index >= 15 is 0 Å². The van der Waals surface area contributed by atoms with E-state index in [1.54, 1.807) is 11.9 Å². The van der Waals surface area contributed by atoms with Crippen LogP contribution in [0, 0.1) is 0 Å². The SMILES string of the molecule is CN(C)c1noc(CN2CCC[C@H](c3nc(C(F)(F)F)cn3C)C2)n1. The van der Waals surface area contributed by atoms with Crippen LogP contribution in [0.5, 0.6) is 0 Å². The highest BCUT2D eigenvalue weighted by atomic mass is 19.4. The Hall–Kier alpha value is -2.10. The average Bonchev–Trinajstić information content (AvgIpc) is 3.14. The molecule has 10 heteroatoms. The Morgan fingerprint density at radius 3 is 2.68 bits per heavy atom. The second-order valence-electron chi connectivity index (χ2n) is 6.55. The summed E-state index contributed by atoms with van der Waals surface area (Å²) < 4.78 is 45.3. The molecule has 2 aromatic heterocycles. The van der Waals surface area contributed by atoms with Crippen LogP contribution in [0.1, 0.15) is 36.2 Å². The second kappa shape index (κ2) is 6.66. The van der Waals surface area contributed by atoms with Crippen LogP contribution in [-0.4, -0.2) is 51.8 Å². The monoisotopic (exact) mass is 358 g/mol. The number of nitrogens with zero attached hydrogens (tertiary/aromatic N) is 6. The highest BCUT2D eigenvalue weighted by molar-refractivity contribution is 5.23. The molecular weight excluding hydrogens is 337 g/mol. The predicted octanol–water partition coefficient (Wildman–Crippen LogP) is 2.27. The zero-order valence-corrected chi connectivity index (χ0v) is 14.4. The summed E-state index contributed by atoms with van der Waals surface area (Å²) >= 11 is 0. The molecule has 1 aliphatic rings. The summed E-state index contributed by atoms with van der Waals surface area (Å²) in [6.45, 7) is 1.93. The normalized spacial score (nSPS) is 19.4. The van der Waals surface area contributed by atoms with E-state index in [2.05, 4.69) is 20.0 Å². The number of piperidine rings is 1. The van der Waals surface area contributed by atoms with Crippen molar-refractivity contribution in [2.75, 3.05) is 32.1 Å². The molecule has 0 bridgehead atoms. The van der Waals surface area contributed by atoms with Crippen LogP contribution < -0.4 is 4.90 Å². The van der Waals surface area contributed by atoms with Crippen molar-refractivity contribution in [3.8, 4) is 0 Å². The van der Waals surface area contributed by atoms with Gasteiger partial charge in [-0.1, -0.05) is 0 Å². The van der Waals surface area contributed by atoms with Crippen molar-refractivity contribution >= 4 is 5.95 Å². The summed E-state index contributed by atoms with van der Waals surface area (Å²) in [5.41, 5.74) is -0.838. The predicted molar refractivity (Wildman–Crippen MR) is 84.1 cm³/mol. The van der Waals surface area contributed by atoms with Crippen molar-refractivity contribution in [1.29, 1.82) is 0 Å². The minimum Gasteiger partial charge on any atom is -0.344 e. The van der Waals surface area contributed by atoms with Crippen molar-refractivity contribution in [2.45, 2.75) is 31.5 Å². The van der Waals surface area contributed by atoms with E-state index in [-0.39, 0.29) is 5.92 Å².